The van der Waals surface area contributed by atoms with E-state index in [0.717, 1.165) is 39.4 Å². The molecule has 0 aliphatic heterocycles. The van der Waals surface area contributed by atoms with Crippen LogP contribution in [-0.2, 0) is 13.2 Å². The van der Waals surface area contributed by atoms with E-state index in [9.17, 15) is 4.79 Å². The Morgan fingerprint density at radius 1 is 0.946 bits per heavy atom. The fourth-order valence-corrected chi connectivity index (χ4v) is 4.40. The molecule has 4 aromatic rings. The van der Waals surface area contributed by atoms with Crippen LogP contribution in [-0.4, -0.2) is 22.8 Å². The van der Waals surface area contributed by atoms with E-state index < -0.39 is 0 Å². The number of rotatable bonds is 8. The van der Waals surface area contributed by atoms with Crippen LogP contribution in [0.15, 0.2) is 54.6 Å². The van der Waals surface area contributed by atoms with Crippen LogP contribution < -0.4 is 14.8 Å². The molecule has 1 aromatic heterocycles. The van der Waals surface area contributed by atoms with Gasteiger partial charge in [0.25, 0.3) is 5.91 Å². The summed E-state index contributed by atoms with van der Waals surface area (Å²) in [5, 5.41) is 8.64. The number of benzene rings is 3. The zero-order valence-corrected chi connectivity index (χ0v) is 23.0. The SMILES string of the molecule is COc1ccc(C(=O)Nc2c(C)nn(Cc3ccc(Cl)c(Cl)c3)c2C)cc1COc1cc(C)ccc1C. The Balaban J connectivity index is 1.52. The third-order valence-corrected chi connectivity index (χ3v) is 6.94. The Kier molecular flexibility index (Phi) is 8.10. The maximum Gasteiger partial charge on any atom is 0.255 e. The number of carbonyl (C=O) groups excluding carboxylic acids is 1. The number of aromatic nitrogens is 2. The second-order valence-electron chi connectivity index (χ2n) is 8.99. The van der Waals surface area contributed by atoms with E-state index in [-0.39, 0.29) is 12.5 Å². The lowest BCUT2D eigenvalue weighted by atomic mass is 10.1. The third-order valence-electron chi connectivity index (χ3n) is 6.21. The first-order valence-corrected chi connectivity index (χ1v) is 12.6. The van der Waals surface area contributed by atoms with Gasteiger partial charge in [0.2, 0.25) is 0 Å². The monoisotopic (exact) mass is 537 g/mol. The smallest absolute Gasteiger partial charge is 0.255 e. The number of carbonyl (C=O) groups is 1. The number of halogens is 2. The van der Waals surface area contributed by atoms with Gasteiger partial charge >= 0.3 is 0 Å². The normalized spacial score (nSPS) is 10.9. The van der Waals surface area contributed by atoms with E-state index in [4.69, 9.17) is 32.7 Å². The molecule has 0 saturated carbocycles. The first-order chi connectivity index (χ1) is 17.7. The Labute approximate surface area is 227 Å². The highest BCUT2D eigenvalue weighted by molar-refractivity contribution is 6.42. The van der Waals surface area contributed by atoms with Gasteiger partial charge in [0.15, 0.2) is 0 Å². The Hall–Kier alpha value is -3.48. The molecule has 4 rings (SSSR count). The number of nitrogens with one attached hydrogen (secondary N) is 1. The van der Waals surface area contributed by atoms with Crippen LogP contribution in [0.1, 0.15) is 44.0 Å². The van der Waals surface area contributed by atoms with Gasteiger partial charge in [-0.05, 0) is 80.8 Å². The molecule has 0 bridgehead atoms. The summed E-state index contributed by atoms with van der Waals surface area (Å²) in [5.41, 5.74) is 6.63. The molecule has 0 spiro atoms. The molecule has 192 valence electrons. The third kappa shape index (κ3) is 6.09. The molecule has 3 aromatic carbocycles. The second kappa shape index (κ2) is 11.3. The van der Waals surface area contributed by atoms with Gasteiger partial charge in [0.05, 0.1) is 40.8 Å². The van der Waals surface area contributed by atoms with Crippen molar-refractivity contribution in [3.05, 3.63) is 104 Å². The van der Waals surface area contributed by atoms with Gasteiger partial charge in [-0.15, -0.1) is 0 Å². The lowest BCUT2D eigenvalue weighted by Crippen LogP contribution is -2.14. The van der Waals surface area contributed by atoms with E-state index >= 15 is 0 Å². The molecule has 1 heterocycles. The maximum atomic E-state index is 13.2. The molecule has 0 radical (unpaired) electrons. The summed E-state index contributed by atoms with van der Waals surface area (Å²) in [4.78, 5) is 13.2. The zero-order valence-electron chi connectivity index (χ0n) is 21.5. The summed E-state index contributed by atoms with van der Waals surface area (Å²) in [7, 11) is 1.60. The van der Waals surface area contributed by atoms with E-state index in [0.29, 0.717) is 33.6 Å². The van der Waals surface area contributed by atoms with E-state index in [1.165, 1.54) is 0 Å². The minimum absolute atomic E-state index is 0.240. The van der Waals surface area contributed by atoms with Crippen molar-refractivity contribution in [2.24, 2.45) is 0 Å². The average Bonchev–Trinajstić information content (AvgIpc) is 3.13. The van der Waals surface area contributed by atoms with Gasteiger partial charge in [0, 0.05) is 11.1 Å². The molecule has 0 saturated heterocycles. The second-order valence-corrected chi connectivity index (χ2v) is 9.80. The molecule has 6 nitrogen and oxygen atoms in total. The molecule has 0 atom stereocenters. The van der Waals surface area contributed by atoms with Crippen LogP contribution >= 0.6 is 23.2 Å². The van der Waals surface area contributed by atoms with Crippen LogP contribution in [0.4, 0.5) is 5.69 Å². The van der Waals surface area contributed by atoms with Crippen molar-refractivity contribution < 1.29 is 14.3 Å². The molecule has 0 aliphatic carbocycles. The molecule has 1 N–H and O–H groups in total. The Bertz CT molecular complexity index is 1460. The van der Waals surface area contributed by atoms with Gasteiger partial charge in [-0.25, -0.2) is 0 Å². The molecule has 0 aliphatic rings. The maximum absolute atomic E-state index is 13.2. The first kappa shape index (κ1) is 26.6. The summed E-state index contributed by atoms with van der Waals surface area (Å²) in [6.45, 7) is 8.59. The Morgan fingerprint density at radius 2 is 1.73 bits per heavy atom. The molecule has 0 fully saturated rings. The number of nitrogens with zero attached hydrogens (tertiary/aromatic N) is 2. The number of aryl methyl sites for hydroxylation is 3. The lowest BCUT2D eigenvalue weighted by Gasteiger charge is -2.14. The quantitative estimate of drug-likeness (QED) is 0.256. The van der Waals surface area contributed by atoms with Crippen molar-refractivity contribution >= 4 is 34.8 Å². The molecule has 37 heavy (non-hydrogen) atoms. The number of amides is 1. The zero-order chi connectivity index (χ0) is 26.7. The largest absolute Gasteiger partial charge is 0.496 e. The van der Waals surface area contributed by atoms with Crippen LogP contribution in [0.3, 0.4) is 0 Å². The fourth-order valence-electron chi connectivity index (χ4n) is 4.08. The van der Waals surface area contributed by atoms with Gasteiger partial charge < -0.3 is 14.8 Å². The highest BCUT2D eigenvalue weighted by Gasteiger charge is 2.17. The fraction of sp³-hybridized carbons (Fsp3) is 0.241. The molecule has 0 unspecified atom stereocenters. The van der Waals surface area contributed by atoms with E-state index in [1.807, 2.05) is 62.7 Å². The van der Waals surface area contributed by atoms with Gasteiger partial charge in [-0.2, -0.15) is 5.10 Å². The number of hydrogen-bond acceptors (Lipinski definition) is 4. The van der Waals surface area contributed by atoms with Crippen molar-refractivity contribution in [1.82, 2.24) is 9.78 Å². The van der Waals surface area contributed by atoms with E-state index in [1.54, 1.807) is 31.4 Å². The molecule has 1 amide bonds. The van der Waals surface area contributed by atoms with Crippen LogP contribution in [0.2, 0.25) is 10.0 Å². The number of methoxy groups -OCH3 is 1. The highest BCUT2D eigenvalue weighted by atomic mass is 35.5. The molecular formula is C29H29Cl2N3O3. The van der Waals surface area contributed by atoms with Crippen molar-refractivity contribution in [2.45, 2.75) is 40.8 Å². The molecular weight excluding hydrogens is 509 g/mol. The van der Waals surface area contributed by atoms with Gasteiger partial charge in [0.1, 0.15) is 18.1 Å². The van der Waals surface area contributed by atoms with Crippen molar-refractivity contribution in [3.8, 4) is 11.5 Å². The van der Waals surface area contributed by atoms with Crippen LogP contribution in [0.25, 0.3) is 0 Å². The molecule has 8 heteroatoms. The van der Waals surface area contributed by atoms with Crippen molar-refractivity contribution in [3.63, 3.8) is 0 Å². The van der Waals surface area contributed by atoms with Gasteiger partial charge in [-0.3, -0.25) is 9.48 Å². The summed E-state index contributed by atoms with van der Waals surface area (Å²) in [6.07, 6.45) is 0. The minimum Gasteiger partial charge on any atom is -0.496 e. The first-order valence-electron chi connectivity index (χ1n) is 11.8. The van der Waals surface area contributed by atoms with E-state index in [2.05, 4.69) is 10.4 Å². The summed E-state index contributed by atoms with van der Waals surface area (Å²) >= 11 is 12.2. The van der Waals surface area contributed by atoms with Crippen LogP contribution in [0, 0.1) is 27.7 Å². The van der Waals surface area contributed by atoms with Crippen molar-refractivity contribution in [2.75, 3.05) is 12.4 Å². The standard InChI is InChI=1S/C29H29Cl2N3O3/c1-17-6-7-18(2)27(12-17)37-16-23-14-22(9-11-26(23)36-5)29(35)32-28-19(3)33-34(20(28)4)15-21-8-10-24(30)25(31)13-21/h6-14H,15-16H2,1-5H3,(H,32,35). The van der Waals surface area contributed by atoms with Gasteiger partial charge in [-0.1, -0.05) is 41.4 Å². The topological polar surface area (TPSA) is 65.4 Å². The summed E-state index contributed by atoms with van der Waals surface area (Å²) < 4.78 is 13.4. The van der Waals surface area contributed by atoms with Crippen molar-refractivity contribution in [1.29, 1.82) is 0 Å². The number of ether oxygens (including phenoxy) is 2. The summed E-state index contributed by atoms with van der Waals surface area (Å²) in [6, 6.07) is 16.9. The Morgan fingerprint density at radius 3 is 2.46 bits per heavy atom. The highest BCUT2D eigenvalue weighted by Crippen LogP contribution is 2.27. The predicted octanol–water partition coefficient (Wildman–Crippen LogP) is 7.31. The summed E-state index contributed by atoms with van der Waals surface area (Å²) in [5.74, 6) is 1.22. The lowest BCUT2D eigenvalue weighted by molar-refractivity contribution is 0.102. The average molecular weight is 538 g/mol. The number of anilines is 1. The predicted molar refractivity (Wildman–Crippen MR) is 148 cm³/mol. The number of hydrogen-bond donors (Lipinski definition) is 1. The van der Waals surface area contributed by atoms with Crippen LogP contribution in [0.5, 0.6) is 11.5 Å². The minimum atomic E-state index is -0.240.